The summed E-state index contributed by atoms with van der Waals surface area (Å²) in [7, 11) is 3.29. The van der Waals surface area contributed by atoms with Gasteiger partial charge in [0.1, 0.15) is 11.5 Å². The number of hydrogen-bond acceptors (Lipinski definition) is 7. The van der Waals surface area contributed by atoms with Gasteiger partial charge in [-0.05, 0) is 71.0 Å². The monoisotopic (exact) mass is 502 g/mol. The van der Waals surface area contributed by atoms with Crippen molar-refractivity contribution in [1.82, 2.24) is 30.1 Å². The molecule has 0 bridgehead atoms. The second-order valence-electron chi connectivity index (χ2n) is 9.67. The number of aromatic amines is 1. The molecule has 2 heterocycles. The Hall–Kier alpha value is -3.72. The third-order valence-corrected chi connectivity index (χ3v) is 7.36. The Morgan fingerprint density at radius 1 is 1.03 bits per heavy atom. The number of ether oxygens (including phenoxy) is 2. The standard InChI is InChI=1S/C28H34N6O3/c1-4-26(27-30-31-32-34(27)22-7-5-6-8-22)33(17-19-9-12-23(36-2)13-10-19)18-21-15-20-11-14-24(37-3)16-25(20)29-28(21)35/h9-16,22,26H,4-8,17-18H2,1-3H3,(H,29,35)/t26-/m1/s1. The van der Waals surface area contributed by atoms with Crippen LogP contribution in [0.5, 0.6) is 11.5 Å². The summed E-state index contributed by atoms with van der Waals surface area (Å²) in [6.45, 7) is 3.25. The van der Waals surface area contributed by atoms with Crippen LogP contribution in [0.4, 0.5) is 0 Å². The molecule has 0 saturated heterocycles. The molecular formula is C28H34N6O3. The molecule has 9 nitrogen and oxygen atoms in total. The van der Waals surface area contributed by atoms with Gasteiger partial charge in [0.15, 0.2) is 5.82 Å². The zero-order chi connectivity index (χ0) is 25.8. The number of H-pyrrole nitrogens is 1. The topological polar surface area (TPSA) is 98.2 Å². The second kappa shape index (κ2) is 11.1. The number of fused-ring (bicyclic) bond motifs is 1. The number of tetrazole rings is 1. The average Bonchev–Trinajstić information content (AvgIpc) is 3.62. The van der Waals surface area contributed by atoms with Gasteiger partial charge in [0.2, 0.25) is 0 Å². The third-order valence-electron chi connectivity index (χ3n) is 7.36. The van der Waals surface area contributed by atoms with Crippen molar-refractivity contribution < 1.29 is 9.47 Å². The molecule has 2 aromatic heterocycles. The fraction of sp³-hybridized carbons (Fsp3) is 0.429. The average molecular weight is 503 g/mol. The van der Waals surface area contributed by atoms with Crippen molar-refractivity contribution in [2.75, 3.05) is 14.2 Å². The van der Waals surface area contributed by atoms with Gasteiger partial charge in [0, 0.05) is 24.7 Å². The summed E-state index contributed by atoms with van der Waals surface area (Å²) < 4.78 is 12.7. The van der Waals surface area contributed by atoms with E-state index in [4.69, 9.17) is 9.47 Å². The quantitative estimate of drug-likeness (QED) is 0.333. The molecule has 1 aliphatic carbocycles. The summed E-state index contributed by atoms with van der Waals surface area (Å²) in [5.74, 6) is 2.39. The van der Waals surface area contributed by atoms with Crippen molar-refractivity contribution in [3.05, 3.63) is 75.8 Å². The van der Waals surface area contributed by atoms with E-state index in [0.29, 0.717) is 30.4 Å². The van der Waals surface area contributed by atoms with Crippen molar-refractivity contribution in [2.45, 2.75) is 64.2 Å². The zero-order valence-corrected chi connectivity index (χ0v) is 21.7. The predicted octanol–water partition coefficient (Wildman–Crippen LogP) is 4.80. The molecule has 4 aromatic rings. The molecule has 0 radical (unpaired) electrons. The predicted molar refractivity (Wildman–Crippen MR) is 142 cm³/mol. The summed E-state index contributed by atoms with van der Waals surface area (Å²) in [6.07, 6.45) is 5.41. The van der Waals surface area contributed by atoms with Crippen LogP contribution < -0.4 is 15.0 Å². The molecule has 9 heteroatoms. The lowest BCUT2D eigenvalue weighted by molar-refractivity contribution is 0.158. The SMILES string of the molecule is CC[C@H](c1nnnn1C1CCCC1)N(Cc1ccc(OC)cc1)Cc1cc2ccc(OC)cc2[nH]c1=O. The van der Waals surface area contributed by atoms with Crippen LogP contribution in [0.15, 0.2) is 53.3 Å². The summed E-state index contributed by atoms with van der Waals surface area (Å²) in [5.41, 5.74) is 2.48. The normalized spacial score (nSPS) is 14.9. The Morgan fingerprint density at radius 3 is 2.46 bits per heavy atom. The first kappa shape index (κ1) is 25.0. The fourth-order valence-corrected chi connectivity index (χ4v) is 5.36. The first-order valence-electron chi connectivity index (χ1n) is 12.9. The number of aromatic nitrogens is 5. The Labute approximate surface area is 216 Å². The molecule has 5 rings (SSSR count). The molecule has 0 unspecified atom stereocenters. The molecule has 1 fully saturated rings. The van der Waals surface area contributed by atoms with Crippen LogP contribution in [-0.2, 0) is 13.1 Å². The smallest absolute Gasteiger partial charge is 0.252 e. The summed E-state index contributed by atoms with van der Waals surface area (Å²) >= 11 is 0. The number of nitrogens with zero attached hydrogens (tertiary/aromatic N) is 5. The highest BCUT2D eigenvalue weighted by atomic mass is 16.5. The number of pyridine rings is 1. The Morgan fingerprint density at radius 2 is 1.76 bits per heavy atom. The van der Waals surface area contributed by atoms with E-state index in [1.54, 1.807) is 14.2 Å². The molecule has 194 valence electrons. The van der Waals surface area contributed by atoms with Crippen molar-refractivity contribution in [3.8, 4) is 11.5 Å². The summed E-state index contributed by atoms with van der Waals surface area (Å²) in [6, 6.07) is 16.0. The maximum absolute atomic E-state index is 13.2. The van der Waals surface area contributed by atoms with Gasteiger partial charge in [-0.15, -0.1) is 5.10 Å². The molecule has 0 aliphatic heterocycles. The largest absolute Gasteiger partial charge is 0.497 e. The molecule has 1 N–H and O–H groups in total. The van der Waals surface area contributed by atoms with Crippen LogP contribution in [0.1, 0.15) is 68.1 Å². The third kappa shape index (κ3) is 5.36. The van der Waals surface area contributed by atoms with Gasteiger partial charge in [-0.25, -0.2) is 4.68 Å². The van der Waals surface area contributed by atoms with Crippen molar-refractivity contribution in [1.29, 1.82) is 0 Å². The van der Waals surface area contributed by atoms with Crippen LogP contribution in [0.2, 0.25) is 0 Å². The lowest BCUT2D eigenvalue weighted by Crippen LogP contribution is -2.32. The van der Waals surface area contributed by atoms with E-state index in [0.717, 1.165) is 47.3 Å². The first-order chi connectivity index (χ1) is 18.1. The Bertz CT molecular complexity index is 1390. The van der Waals surface area contributed by atoms with Gasteiger partial charge in [-0.2, -0.15) is 0 Å². The van der Waals surface area contributed by atoms with Crippen LogP contribution in [0.3, 0.4) is 0 Å². The van der Waals surface area contributed by atoms with E-state index < -0.39 is 0 Å². The molecule has 1 aliphatic rings. The number of methoxy groups -OCH3 is 2. The van der Waals surface area contributed by atoms with Gasteiger partial charge >= 0.3 is 0 Å². The minimum absolute atomic E-state index is 0.0522. The van der Waals surface area contributed by atoms with E-state index in [1.165, 1.54) is 12.8 Å². The minimum Gasteiger partial charge on any atom is -0.497 e. The van der Waals surface area contributed by atoms with E-state index in [2.05, 4.69) is 44.5 Å². The number of hydrogen-bond donors (Lipinski definition) is 1. The first-order valence-corrected chi connectivity index (χ1v) is 12.9. The van der Waals surface area contributed by atoms with Crippen LogP contribution in [0.25, 0.3) is 10.9 Å². The number of nitrogens with one attached hydrogen (secondary N) is 1. The summed E-state index contributed by atoms with van der Waals surface area (Å²) in [4.78, 5) is 18.5. The molecule has 37 heavy (non-hydrogen) atoms. The van der Waals surface area contributed by atoms with Gasteiger partial charge in [-0.3, -0.25) is 9.69 Å². The molecule has 0 spiro atoms. The molecule has 0 amide bonds. The molecular weight excluding hydrogens is 468 g/mol. The van der Waals surface area contributed by atoms with Crippen molar-refractivity contribution >= 4 is 10.9 Å². The highest BCUT2D eigenvalue weighted by molar-refractivity contribution is 5.80. The molecule has 2 aromatic carbocycles. The maximum Gasteiger partial charge on any atom is 0.252 e. The van der Waals surface area contributed by atoms with E-state index >= 15 is 0 Å². The van der Waals surface area contributed by atoms with Crippen LogP contribution >= 0.6 is 0 Å². The van der Waals surface area contributed by atoms with Crippen LogP contribution in [-0.4, -0.2) is 44.3 Å². The number of benzene rings is 2. The Kier molecular flexibility index (Phi) is 7.50. The number of rotatable bonds is 10. The minimum atomic E-state index is -0.106. The second-order valence-corrected chi connectivity index (χ2v) is 9.67. The van der Waals surface area contributed by atoms with Gasteiger partial charge in [0.25, 0.3) is 5.56 Å². The fourth-order valence-electron chi connectivity index (χ4n) is 5.36. The van der Waals surface area contributed by atoms with Gasteiger partial charge < -0.3 is 14.5 Å². The highest BCUT2D eigenvalue weighted by Crippen LogP contribution is 2.33. The van der Waals surface area contributed by atoms with Gasteiger partial charge in [0.05, 0.1) is 31.8 Å². The highest BCUT2D eigenvalue weighted by Gasteiger charge is 2.29. The summed E-state index contributed by atoms with van der Waals surface area (Å²) in [5, 5.41) is 13.9. The van der Waals surface area contributed by atoms with E-state index in [1.807, 2.05) is 41.1 Å². The van der Waals surface area contributed by atoms with Gasteiger partial charge in [-0.1, -0.05) is 31.9 Å². The Balaban J connectivity index is 1.51. The zero-order valence-electron chi connectivity index (χ0n) is 21.7. The molecule has 1 saturated carbocycles. The lowest BCUT2D eigenvalue weighted by Gasteiger charge is -2.31. The molecule has 1 atom stereocenters. The van der Waals surface area contributed by atoms with E-state index in [9.17, 15) is 4.79 Å². The lowest BCUT2D eigenvalue weighted by atomic mass is 10.1. The van der Waals surface area contributed by atoms with E-state index in [-0.39, 0.29) is 11.6 Å². The maximum atomic E-state index is 13.2. The van der Waals surface area contributed by atoms with Crippen LogP contribution in [0, 0.1) is 0 Å². The van der Waals surface area contributed by atoms with Crippen molar-refractivity contribution in [2.24, 2.45) is 0 Å². The van der Waals surface area contributed by atoms with Crippen molar-refractivity contribution in [3.63, 3.8) is 0 Å².